The molecule has 15 nitrogen and oxygen atoms in total. The van der Waals surface area contributed by atoms with Crippen molar-refractivity contribution in [1.29, 1.82) is 0 Å². The van der Waals surface area contributed by atoms with Crippen molar-refractivity contribution in [2.45, 2.75) is 75.3 Å². The summed E-state index contributed by atoms with van der Waals surface area (Å²) in [6.07, 6.45) is -14.8. The summed E-state index contributed by atoms with van der Waals surface area (Å²) in [5, 5.41) is 82.4. The maximum atomic E-state index is 13.7. The fourth-order valence-corrected chi connectivity index (χ4v) is 5.03. The highest BCUT2D eigenvalue weighted by molar-refractivity contribution is 5.88. The number of phenolic OH excluding ortho intramolecular Hbond substituents is 3. The van der Waals surface area contributed by atoms with Gasteiger partial charge in [-0.15, -0.1) is 0 Å². The molecule has 0 radical (unpaired) electrons. The van der Waals surface area contributed by atoms with E-state index in [-0.39, 0.29) is 28.0 Å². The van der Waals surface area contributed by atoms with E-state index in [0.29, 0.717) is 0 Å². The lowest BCUT2D eigenvalue weighted by molar-refractivity contribution is -0.345. The number of hydrogen-bond donors (Lipinski definition) is 8. The van der Waals surface area contributed by atoms with Crippen molar-refractivity contribution in [2.24, 2.45) is 0 Å². The first kappa shape index (κ1) is 30.8. The van der Waals surface area contributed by atoms with Gasteiger partial charge in [0.2, 0.25) is 17.5 Å². The fourth-order valence-electron chi connectivity index (χ4n) is 5.03. The summed E-state index contributed by atoms with van der Waals surface area (Å²) in [5.74, 6) is -2.19. The Labute approximate surface area is 243 Å². The molecule has 234 valence electrons. The van der Waals surface area contributed by atoms with E-state index in [9.17, 15) is 45.6 Å². The molecule has 3 heterocycles. The van der Waals surface area contributed by atoms with Crippen LogP contribution in [0.4, 0.5) is 0 Å². The van der Waals surface area contributed by atoms with Crippen molar-refractivity contribution in [2.75, 3.05) is 7.11 Å². The molecule has 2 aromatic carbocycles. The zero-order chi connectivity index (χ0) is 31.3. The smallest absolute Gasteiger partial charge is 0.239 e. The number of ether oxygens (including phenoxy) is 5. The number of fused-ring (bicyclic) bond motifs is 1. The molecule has 2 aliphatic heterocycles. The van der Waals surface area contributed by atoms with E-state index in [1.54, 1.807) is 0 Å². The largest absolute Gasteiger partial charge is 0.507 e. The summed E-state index contributed by atoms with van der Waals surface area (Å²) >= 11 is 0. The summed E-state index contributed by atoms with van der Waals surface area (Å²) in [6, 6.07) is 6.05. The molecule has 0 saturated carbocycles. The number of aromatic hydroxyl groups is 3. The molecular formula is C28H32O15. The molecule has 15 heteroatoms. The molecule has 0 bridgehead atoms. The van der Waals surface area contributed by atoms with E-state index in [1.165, 1.54) is 39.2 Å². The summed E-state index contributed by atoms with van der Waals surface area (Å²) in [7, 11) is 1.34. The molecule has 10 unspecified atom stereocenters. The first-order valence-electron chi connectivity index (χ1n) is 13.3. The molecule has 3 aromatic rings. The molecule has 2 saturated heterocycles. The van der Waals surface area contributed by atoms with Crippen molar-refractivity contribution in [1.82, 2.24) is 0 Å². The molecule has 0 spiro atoms. The standard InChI is InChI=1S/C28H32O15/c1-9-18(32)20(34)22(36)27(39-9)42-24-10(2)40-28(23(37)21(24)35)43-26-19(33)17-15(31)7-12(38-3)8-16(17)41-25(26)11-4-5-13(29)14(30)6-11/h4-10,18,20-24,27-32,34-37H,1-3H3. The SMILES string of the molecule is COc1cc(O)c2c(=O)c(OC3OC(C)C(OC4OC(C)C(O)C(O)C4O)C(O)C3O)c(-c3ccc(O)c(O)c3)oc2c1. The minimum absolute atomic E-state index is 0.0602. The van der Waals surface area contributed by atoms with Gasteiger partial charge in [-0.3, -0.25) is 4.79 Å². The van der Waals surface area contributed by atoms with Gasteiger partial charge in [-0.2, -0.15) is 0 Å². The Morgan fingerprint density at radius 3 is 2.09 bits per heavy atom. The molecule has 0 amide bonds. The third-order valence-corrected chi connectivity index (χ3v) is 7.49. The molecule has 2 fully saturated rings. The van der Waals surface area contributed by atoms with Crippen molar-refractivity contribution in [3.05, 3.63) is 40.6 Å². The second kappa shape index (κ2) is 11.8. The predicted molar refractivity (Wildman–Crippen MR) is 144 cm³/mol. The molecule has 1 aromatic heterocycles. The van der Waals surface area contributed by atoms with Crippen molar-refractivity contribution in [3.8, 4) is 40.1 Å². The van der Waals surface area contributed by atoms with Crippen LogP contribution in [0.25, 0.3) is 22.3 Å². The quantitative estimate of drug-likeness (QED) is 0.167. The third kappa shape index (κ3) is 5.57. The second-order valence-electron chi connectivity index (χ2n) is 10.4. The summed E-state index contributed by atoms with van der Waals surface area (Å²) < 4.78 is 33.6. The van der Waals surface area contributed by atoms with Crippen LogP contribution >= 0.6 is 0 Å². The lowest BCUT2D eigenvalue weighted by Crippen LogP contribution is -2.63. The minimum Gasteiger partial charge on any atom is -0.507 e. The molecule has 43 heavy (non-hydrogen) atoms. The number of aliphatic hydroxyl groups excluding tert-OH is 5. The third-order valence-electron chi connectivity index (χ3n) is 7.49. The Morgan fingerprint density at radius 2 is 1.42 bits per heavy atom. The van der Waals surface area contributed by atoms with Crippen LogP contribution in [0.3, 0.4) is 0 Å². The van der Waals surface area contributed by atoms with Gasteiger partial charge in [-0.1, -0.05) is 0 Å². The van der Waals surface area contributed by atoms with Crippen LogP contribution in [0.1, 0.15) is 13.8 Å². The van der Waals surface area contributed by atoms with Gasteiger partial charge < -0.3 is 69.0 Å². The molecule has 10 atom stereocenters. The summed E-state index contributed by atoms with van der Waals surface area (Å²) in [6.45, 7) is 2.89. The summed E-state index contributed by atoms with van der Waals surface area (Å²) in [4.78, 5) is 13.7. The van der Waals surface area contributed by atoms with Crippen LogP contribution in [0.2, 0.25) is 0 Å². The first-order valence-corrected chi connectivity index (χ1v) is 13.3. The monoisotopic (exact) mass is 608 g/mol. The van der Waals surface area contributed by atoms with E-state index in [1.807, 2.05) is 0 Å². The highest BCUT2D eigenvalue weighted by Crippen LogP contribution is 2.40. The van der Waals surface area contributed by atoms with Crippen LogP contribution in [-0.4, -0.2) is 109 Å². The number of hydrogen-bond acceptors (Lipinski definition) is 15. The maximum absolute atomic E-state index is 13.7. The Bertz CT molecular complexity index is 1540. The molecule has 0 aliphatic carbocycles. The Kier molecular flexibility index (Phi) is 8.43. The Morgan fingerprint density at radius 1 is 0.744 bits per heavy atom. The predicted octanol–water partition coefficient (Wildman–Crippen LogP) is -0.356. The fraction of sp³-hybridized carbons (Fsp3) is 0.464. The zero-order valence-corrected chi connectivity index (χ0v) is 23.1. The normalized spacial score (nSPS) is 32.9. The van der Waals surface area contributed by atoms with Gasteiger partial charge in [0.05, 0.1) is 19.3 Å². The average molecular weight is 609 g/mol. The van der Waals surface area contributed by atoms with E-state index < -0.39 is 89.8 Å². The van der Waals surface area contributed by atoms with Gasteiger partial charge in [0.25, 0.3) is 0 Å². The van der Waals surface area contributed by atoms with Crippen molar-refractivity contribution >= 4 is 11.0 Å². The van der Waals surface area contributed by atoms with Crippen LogP contribution in [0.15, 0.2) is 39.5 Å². The van der Waals surface area contributed by atoms with Crippen molar-refractivity contribution in [3.63, 3.8) is 0 Å². The molecule has 5 rings (SSSR count). The number of aliphatic hydroxyl groups is 5. The van der Waals surface area contributed by atoms with Crippen LogP contribution in [-0.2, 0) is 14.2 Å². The topological polar surface area (TPSA) is 238 Å². The maximum Gasteiger partial charge on any atom is 0.239 e. The highest BCUT2D eigenvalue weighted by Gasteiger charge is 2.50. The van der Waals surface area contributed by atoms with Crippen molar-refractivity contribution < 1.29 is 69.0 Å². The summed E-state index contributed by atoms with van der Waals surface area (Å²) in [5.41, 5.74) is -0.957. The van der Waals surface area contributed by atoms with E-state index in [2.05, 4.69) is 0 Å². The van der Waals surface area contributed by atoms with E-state index in [0.717, 1.165) is 12.1 Å². The number of methoxy groups -OCH3 is 1. The van der Waals surface area contributed by atoms with Crippen LogP contribution in [0, 0.1) is 0 Å². The van der Waals surface area contributed by atoms with Gasteiger partial charge in [0.15, 0.2) is 23.5 Å². The van der Waals surface area contributed by atoms with Crippen LogP contribution in [0.5, 0.6) is 28.7 Å². The molecule has 8 N–H and O–H groups in total. The van der Waals surface area contributed by atoms with Crippen LogP contribution < -0.4 is 14.9 Å². The van der Waals surface area contributed by atoms with Gasteiger partial charge >= 0.3 is 0 Å². The lowest BCUT2D eigenvalue weighted by Gasteiger charge is -2.45. The van der Waals surface area contributed by atoms with Gasteiger partial charge in [-0.25, -0.2) is 0 Å². The van der Waals surface area contributed by atoms with Gasteiger partial charge in [0.1, 0.15) is 59.1 Å². The molecule has 2 aliphatic rings. The highest BCUT2D eigenvalue weighted by atomic mass is 16.7. The Hall–Kier alpha value is -3.67. The Balaban J connectivity index is 1.49. The minimum atomic E-state index is -1.87. The molecular weight excluding hydrogens is 576 g/mol. The van der Waals surface area contributed by atoms with Gasteiger partial charge in [-0.05, 0) is 32.0 Å². The van der Waals surface area contributed by atoms with E-state index in [4.69, 9.17) is 28.1 Å². The number of benzene rings is 2. The lowest BCUT2D eigenvalue weighted by atomic mass is 9.97. The zero-order valence-electron chi connectivity index (χ0n) is 23.1. The number of phenols is 3. The van der Waals surface area contributed by atoms with Gasteiger partial charge in [0, 0.05) is 17.7 Å². The number of rotatable bonds is 6. The average Bonchev–Trinajstić information content (AvgIpc) is 2.97. The van der Waals surface area contributed by atoms with E-state index >= 15 is 0 Å². The second-order valence-corrected chi connectivity index (χ2v) is 10.4. The first-order chi connectivity index (χ1) is 20.3.